The van der Waals surface area contributed by atoms with Crippen LogP contribution in [0.5, 0.6) is 0 Å². The van der Waals surface area contributed by atoms with E-state index in [-0.39, 0.29) is 18.5 Å². The van der Waals surface area contributed by atoms with Gasteiger partial charge in [-0.1, -0.05) is 49.4 Å². The van der Waals surface area contributed by atoms with Crippen LogP contribution in [0.15, 0.2) is 48.5 Å². The van der Waals surface area contributed by atoms with Gasteiger partial charge in [0.1, 0.15) is 0 Å². The van der Waals surface area contributed by atoms with Crippen molar-refractivity contribution in [2.45, 2.75) is 33.2 Å². The second-order valence-electron chi connectivity index (χ2n) is 5.61. The molecule has 2 aromatic rings. The molecule has 2 rings (SSSR count). The molecule has 0 fully saturated rings. The second-order valence-corrected chi connectivity index (χ2v) is 5.61. The Morgan fingerprint density at radius 2 is 1.82 bits per heavy atom. The van der Waals surface area contributed by atoms with Crippen LogP contribution in [0.2, 0.25) is 0 Å². The molecule has 1 amide bonds. The van der Waals surface area contributed by atoms with Gasteiger partial charge in [-0.05, 0) is 43.0 Å². The molecule has 22 heavy (non-hydrogen) atoms. The highest BCUT2D eigenvalue weighted by Gasteiger charge is 2.12. The molecule has 0 spiro atoms. The molecule has 2 aromatic carbocycles. The van der Waals surface area contributed by atoms with Gasteiger partial charge in [0.05, 0.1) is 12.6 Å². The molecule has 0 saturated heterocycles. The Bertz CT molecular complexity index is 623. The lowest BCUT2D eigenvalue weighted by molar-refractivity contribution is -0.120. The third kappa shape index (κ3) is 4.35. The fraction of sp³-hybridized carbons (Fsp3) is 0.316. The van der Waals surface area contributed by atoms with Crippen LogP contribution in [-0.4, -0.2) is 12.5 Å². The maximum absolute atomic E-state index is 12.2. The number of amides is 1. The summed E-state index contributed by atoms with van der Waals surface area (Å²) >= 11 is 0. The van der Waals surface area contributed by atoms with Crippen LogP contribution in [0.1, 0.15) is 36.1 Å². The maximum atomic E-state index is 12.2. The van der Waals surface area contributed by atoms with E-state index in [1.807, 2.05) is 44.2 Å². The Hall–Kier alpha value is -2.29. The summed E-state index contributed by atoms with van der Waals surface area (Å²) in [5.74, 6) is 0.0107. The van der Waals surface area contributed by atoms with Gasteiger partial charge in [-0.2, -0.15) is 0 Å². The van der Waals surface area contributed by atoms with Gasteiger partial charge in [0.25, 0.3) is 0 Å². The van der Waals surface area contributed by atoms with E-state index in [4.69, 9.17) is 0 Å². The van der Waals surface area contributed by atoms with E-state index in [1.165, 1.54) is 5.56 Å². The summed E-state index contributed by atoms with van der Waals surface area (Å²) in [7, 11) is 0. The first-order chi connectivity index (χ1) is 10.6. The van der Waals surface area contributed by atoms with Crippen molar-refractivity contribution in [2.24, 2.45) is 0 Å². The van der Waals surface area contributed by atoms with Gasteiger partial charge in [0, 0.05) is 5.69 Å². The third-order valence-corrected chi connectivity index (χ3v) is 3.78. The molecule has 2 N–H and O–H groups in total. The molecular weight excluding hydrogens is 272 g/mol. The van der Waals surface area contributed by atoms with Gasteiger partial charge >= 0.3 is 0 Å². The smallest absolute Gasteiger partial charge is 0.239 e. The number of hydrogen-bond donors (Lipinski definition) is 2. The Labute approximate surface area is 132 Å². The van der Waals surface area contributed by atoms with Crippen LogP contribution in [0.4, 0.5) is 5.69 Å². The van der Waals surface area contributed by atoms with E-state index < -0.39 is 0 Å². The normalized spacial score (nSPS) is 11.8. The summed E-state index contributed by atoms with van der Waals surface area (Å²) < 4.78 is 0. The number of carbonyl (C=O) groups is 1. The summed E-state index contributed by atoms with van der Waals surface area (Å²) in [6.45, 7) is 6.45. The summed E-state index contributed by atoms with van der Waals surface area (Å²) in [6, 6.07) is 16.3. The van der Waals surface area contributed by atoms with E-state index in [0.717, 1.165) is 23.2 Å². The van der Waals surface area contributed by atoms with E-state index in [1.54, 1.807) is 0 Å². The zero-order chi connectivity index (χ0) is 15.9. The summed E-state index contributed by atoms with van der Waals surface area (Å²) in [5, 5.41) is 6.31. The highest BCUT2D eigenvalue weighted by molar-refractivity contribution is 5.81. The van der Waals surface area contributed by atoms with E-state index in [9.17, 15) is 4.79 Å². The molecule has 0 radical (unpaired) electrons. The monoisotopic (exact) mass is 296 g/mol. The van der Waals surface area contributed by atoms with E-state index >= 15 is 0 Å². The third-order valence-electron chi connectivity index (χ3n) is 3.78. The lowest BCUT2D eigenvalue weighted by Gasteiger charge is -2.18. The number of benzene rings is 2. The Morgan fingerprint density at radius 1 is 1.09 bits per heavy atom. The van der Waals surface area contributed by atoms with Crippen LogP contribution in [-0.2, 0) is 4.79 Å². The highest BCUT2D eigenvalue weighted by atomic mass is 16.1. The van der Waals surface area contributed by atoms with Crippen LogP contribution < -0.4 is 10.6 Å². The zero-order valence-electron chi connectivity index (χ0n) is 13.5. The van der Waals surface area contributed by atoms with Crippen LogP contribution >= 0.6 is 0 Å². The molecule has 3 nitrogen and oxygen atoms in total. The molecule has 3 heteroatoms. The van der Waals surface area contributed by atoms with Crippen molar-refractivity contribution in [1.82, 2.24) is 5.32 Å². The van der Waals surface area contributed by atoms with Crippen LogP contribution in [0.3, 0.4) is 0 Å². The molecule has 116 valence electrons. The number of nitrogens with one attached hydrogen (secondary N) is 2. The van der Waals surface area contributed by atoms with Crippen molar-refractivity contribution < 1.29 is 4.79 Å². The lowest BCUT2D eigenvalue weighted by Crippen LogP contribution is -2.33. The second kappa shape index (κ2) is 7.64. The molecule has 0 aliphatic heterocycles. The molecule has 0 aromatic heterocycles. The zero-order valence-corrected chi connectivity index (χ0v) is 13.5. The number of carbonyl (C=O) groups excluding carboxylic acids is 1. The predicted molar refractivity (Wildman–Crippen MR) is 92.0 cm³/mol. The first-order valence-electron chi connectivity index (χ1n) is 7.75. The summed E-state index contributed by atoms with van der Waals surface area (Å²) in [5.41, 5.74) is 4.49. The minimum absolute atomic E-state index is 0.0107. The summed E-state index contributed by atoms with van der Waals surface area (Å²) in [4.78, 5) is 12.2. The minimum atomic E-state index is 0.0107. The van der Waals surface area contributed by atoms with Crippen molar-refractivity contribution in [3.05, 3.63) is 65.2 Å². The number of aryl methyl sites for hydroxylation is 2. The van der Waals surface area contributed by atoms with Gasteiger partial charge < -0.3 is 10.6 Å². The first kappa shape index (κ1) is 16.1. The molecular formula is C19H24N2O. The number of hydrogen-bond acceptors (Lipinski definition) is 2. The van der Waals surface area contributed by atoms with Crippen molar-refractivity contribution in [1.29, 1.82) is 0 Å². The fourth-order valence-corrected chi connectivity index (χ4v) is 2.45. The van der Waals surface area contributed by atoms with E-state index in [2.05, 4.69) is 35.8 Å². The average Bonchev–Trinajstić information content (AvgIpc) is 2.54. The topological polar surface area (TPSA) is 41.1 Å². The van der Waals surface area contributed by atoms with Crippen molar-refractivity contribution in [3.63, 3.8) is 0 Å². The molecule has 1 atom stereocenters. The minimum Gasteiger partial charge on any atom is -0.376 e. The molecule has 0 heterocycles. The standard InChI is InChI=1S/C19H24N2O/c1-4-17(16-8-6-5-7-9-16)21-19(22)13-20-18-12-14(2)10-11-15(18)3/h5-12,17,20H,4,13H2,1-3H3,(H,21,22). The molecule has 1 unspecified atom stereocenters. The molecule has 0 saturated carbocycles. The van der Waals surface area contributed by atoms with Gasteiger partial charge in [0.15, 0.2) is 0 Å². The molecule has 0 aliphatic rings. The predicted octanol–water partition coefficient (Wildman–Crippen LogP) is 3.98. The Morgan fingerprint density at radius 3 is 2.50 bits per heavy atom. The average molecular weight is 296 g/mol. The maximum Gasteiger partial charge on any atom is 0.239 e. The quantitative estimate of drug-likeness (QED) is 0.846. The lowest BCUT2D eigenvalue weighted by atomic mass is 10.0. The number of anilines is 1. The van der Waals surface area contributed by atoms with Gasteiger partial charge in [-0.3, -0.25) is 4.79 Å². The van der Waals surface area contributed by atoms with Gasteiger partial charge in [-0.15, -0.1) is 0 Å². The van der Waals surface area contributed by atoms with Crippen molar-refractivity contribution >= 4 is 11.6 Å². The highest BCUT2D eigenvalue weighted by Crippen LogP contribution is 2.17. The Balaban J connectivity index is 1.93. The largest absolute Gasteiger partial charge is 0.376 e. The van der Waals surface area contributed by atoms with Crippen molar-refractivity contribution in [2.75, 3.05) is 11.9 Å². The summed E-state index contributed by atoms with van der Waals surface area (Å²) in [6.07, 6.45) is 0.874. The Kier molecular flexibility index (Phi) is 5.59. The fourth-order valence-electron chi connectivity index (χ4n) is 2.45. The van der Waals surface area contributed by atoms with E-state index in [0.29, 0.717) is 0 Å². The number of rotatable bonds is 6. The first-order valence-corrected chi connectivity index (χ1v) is 7.75. The van der Waals surface area contributed by atoms with Gasteiger partial charge in [0.2, 0.25) is 5.91 Å². The SMILES string of the molecule is CCC(NC(=O)CNc1cc(C)ccc1C)c1ccccc1. The van der Waals surface area contributed by atoms with Crippen LogP contribution in [0, 0.1) is 13.8 Å². The van der Waals surface area contributed by atoms with Crippen LogP contribution in [0.25, 0.3) is 0 Å². The van der Waals surface area contributed by atoms with Crippen molar-refractivity contribution in [3.8, 4) is 0 Å². The van der Waals surface area contributed by atoms with Gasteiger partial charge in [-0.25, -0.2) is 0 Å². The molecule has 0 aliphatic carbocycles. The molecule has 0 bridgehead atoms.